The van der Waals surface area contributed by atoms with Crippen molar-refractivity contribution >= 4 is 6.40 Å². The van der Waals surface area contributed by atoms with Gasteiger partial charge in [-0.3, -0.25) is 4.99 Å². The molecule has 40 valence electrons. The van der Waals surface area contributed by atoms with Gasteiger partial charge in [-0.1, -0.05) is 6.58 Å². The van der Waals surface area contributed by atoms with Crippen molar-refractivity contribution in [1.82, 2.24) is 0 Å². The summed E-state index contributed by atoms with van der Waals surface area (Å²) >= 11 is 0. The number of ether oxygens (including phenoxy) is 1. The second-order valence-corrected chi connectivity index (χ2v) is 0.907. The van der Waals surface area contributed by atoms with Crippen LogP contribution in [0.5, 0.6) is 0 Å². The van der Waals surface area contributed by atoms with Crippen molar-refractivity contribution < 1.29 is 4.74 Å². The average molecular weight is 99.1 g/mol. The van der Waals surface area contributed by atoms with Gasteiger partial charge < -0.3 is 4.74 Å². The Morgan fingerprint density at radius 1 is 1.86 bits per heavy atom. The molecule has 0 heterocycles. The van der Waals surface area contributed by atoms with E-state index in [1.807, 2.05) is 6.92 Å². The molecule has 0 amide bonds. The third-order valence-electron chi connectivity index (χ3n) is 0.414. The molecule has 0 bridgehead atoms. The maximum Gasteiger partial charge on any atom is 0.175 e. The Labute approximate surface area is 43.5 Å². The van der Waals surface area contributed by atoms with Crippen LogP contribution in [0.4, 0.5) is 0 Å². The van der Waals surface area contributed by atoms with Crippen molar-refractivity contribution in [2.24, 2.45) is 4.99 Å². The molecular weight excluding hydrogens is 90.1 g/mol. The summed E-state index contributed by atoms with van der Waals surface area (Å²) in [5, 5.41) is 0. The van der Waals surface area contributed by atoms with E-state index >= 15 is 0 Å². The van der Waals surface area contributed by atoms with Gasteiger partial charge in [0.2, 0.25) is 0 Å². The molecule has 0 rings (SSSR count). The van der Waals surface area contributed by atoms with E-state index in [-0.39, 0.29) is 0 Å². The lowest BCUT2D eigenvalue weighted by atomic mass is 10.8. The highest BCUT2D eigenvalue weighted by Crippen LogP contribution is 1.66. The van der Waals surface area contributed by atoms with E-state index in [1.165, 1.54) is 12.7 Å². The smallest absolute Gasteiger partial charge is 0.175 e. The van der Waals surface area contributed by atoms with Crippen LogP contribution in [0, 0.1) is 0 Å². The zero-order valence-electron chi connectivity index (χ0n) is 4.42. The van der Waals surface area contributed by atoms with Crippen LogP contribution in [-0.2, 0) is 4.74 Å². The van der Waals surface area contributed by atoms with Crippen molar-refractivity contribution in [3.63, 3.8) is 0 Å². The molecule has 0 aromatic carbocycles. The van der Waals surface area contributed by atoms with Crippen molar-refractivity contribution in [3.8, 4) is 0 Å². The Hall–Kier alpha value is -0.790. The van der Waals surface area contributed by atoms with Gasteiger partial charge in [-0.2, -0.15) is 0 Å². The van der Waals surface area contributed by atoms with Crippen LogP contribution in [-0.4, -0.2) is 12.9 Å². The maximum atomic E-state index is 4.55. The molecule has 0 spiro atoms. The molecule has 0 aliphatic heterocycles. The van der Waals surface area contributed by atoms with Gasteiger partial charge in [0.05, 0.1) is 6.26 Å². The van der Waals surface area contributed by atoms with Crippen molar-refractivity contribution in [1.29, 1.82) is 0 Å². The fourth-order valence-electron chi connectivity index (χ4n) is 0.161. The minimum atomic E-state index is 0.758. The van der Waals surface area contributed by atoms with E-state index in [9.17, 15) is 0 Å². The first kappa shape index (κ1) is 6.21. The van der Waals surface area contributed by atoms with E-state index in [0.29, 0.717) is 0 Å². The molecule has 0 aromatic heterocycles. The largest absolute Gasteiger partial charge is 0.454 e. The van der Waals surface area contributed by atoms with Gasteiger partial charge in [-0.25, -0.2) is 0 Å². The maximum absolute atomic E-state index is 4.55. The van der Waals surface area contributed by atoms with Crippen LogP contribution in [0.2, 0.25) is 0 Å². The minimum Gasteiger partial charge on any atom is -0.454 e. The summed E-state index contributed by atoms with van der Waals surface area (Å²) in [6.07, 6.45) is 2.70. The van der Waals surface area contributed by atoms with Crippen molar-refractivity contribution in [2.75, 3.05) is 6.54 Å². The Morgan fingerprint density at radius 3 is 3.00 bits per heavy atom. The third-order valence-corrected chi connectivity index (χ3v) is 0.414. The Kier molecular flexibility index (Phi) is 4.62. The lowest BCUT2D eigenvalue weighted by molar-refractivity contribution is 0.494. The van der Waals surface area contributed by atoms with E-state index in [2.05, 4.69) is 16.3 Å². The molecule has 0 aromatic rings. The van der Waals surface area contributed by atoms with Gasteiger partial charge in [0, 0.05) is 6.54 Å². The van der Waals surface area contributed by atoms with Gasteiger partial charge >= 0.3 is 0 Å². The van der Waals surface area contributed by atoms with E-state index in [1.54, 1.807) is 0 Å². The number of rotatable bonds is 3. The monoisotopic (exact) mass is 99.1 g/mol. The van der Waals surface area contributed by atoms with E-state index in [4.69, 9.17) is 0 Å². The summed E-state index contributed by atoms with van der Waals surface area (Å²) in [7, 11) is 0. The number of nitrogens with zero attached hydrogens (tertiary/aromatic N) is 1. The molecule has 0 unspecified atom stereocenters. The molecule has 0 saturated heterocycles. The molecule has 0 aliphatic rings. The van der Waals surface area contributed by atoms with Crippen molar-refractivity contribution in [3.05, 3.63) is 12.8 Å². The molecule has 7 heavy (non-hydrogen) atoms. The predicted molar refractivity (Wildman–Crippen MR) is 30.3 cm³/mol. The first-order chi connectivity index (χ1) is 3.41. The van der Waals surface area contributed by atoms with Crippen LogP contribution >= 0.6 is 0 Å². The number of hydrogen-bond donors (Lipinski definition) is 0. The Morgan fingerprint density at radius 2 is 2.57 bits per heavy atom. The van der Waals surface area contributed by atoms with Gasteiger partial charge in [0.25, 0.3) is 0 Å². The fourth-order valence-corrected chi connectivity index (χ4v) is 0.161. The predicted octanol–water partition coefficient (Wildman–Crippen LogP) is 1.19. The van der Waals surface area contributed by atoms with Crippen LogP contribution in [0.15, 0.2) is 17.8 Å². The zero-order chi connectivity index (χ0) is 5.54. The summed E-state index contributed by atoms with van der Waals surface area (Å²) < 4.78 is 4.55. The summed E-state index contributed by atoms with van der Waals surface area (Å²) in [5.74, 6) is 0. The van der Waals surface area contributed by atoms with Crippen LogP contribution < -0.4 is 0 Å². The molecule has 0 aliphatic carbocycles. The lowest BCUT2D eigenvalue weighted by Crippen LogP contribution is -1.75. The summed E-state index contributed by atoms with van der Waals surface area (Å²) in [5.41, 5.74) is 0. The molecule has 0 saturated carbocycles. The highest BCUT2D eigenvalue weighted by Gasteiger charge is 1.60. The molecule has 2 heteroatoms. The number of hydrogen-bond acceptors (Lipinski definition) is 2. The highest BCUT2D eigenvalue weighted by atomic mass is 16.5. The first-order valence-corrected chi connectivity index (χ1v) is 2.16. The zero-order valence-corrected chi connectivity index (χ0v) is 4.42. The summed E-state index contributed by atoms with van der Waals surface area (Å²) in [6, 6.07) is 0. The van der Waals surface area contributed by atoms with Crippen LogP contribution in [0.25, 0.3) is 0 Å². The van der Waals surface area contributed by atoms with Gasteiger partial charge in [-0.05, 0) is 6.92 Å². The Balaban J connectivity index is 2.92. The van der Waals surface area contributed by atoms with Gasteiger partial charge in [0.15, 0.2) is 6.40 Å². The van der Waals surface area contributed by atoms with Crippen LogP contribution in [0.3, 0.4) is 0 Å². The SMILES string of the molecule is C=COC=NCC. The molecule has 0 atom stereocenters. The first-order valence-electron chi connectivity index (χ1n) is 2.16. The molecular formula is C5H9NO. The number of aliphatic imine (C=N–C) groups is 1. The summed E-state index contributed by atoms with van der Waals surface area (Å²) in [4.78, 5) is 3.74. The second-order valence-electron chi connectivity index (χ2n) is 0.907. The second kappa shape index (κ2) is 5.21. The quantitative estimate of drug-likeness (QED) is 0.296. The average Bonchev–Trinajstić information content (AvgIpc) is 1.69. The lowest BCUT2D eigenvalue weighted by Gasteiger charge is -1.81. The normalized spacial score (nSPS) is 9.29. The molecule has 0 fully saturated rings. The minimum absolute atomic E-state index is 0.758. The van der Waals surface area contributed by atoms with E-state index in [0.717, 1.165) is 6.54 Å². The molecule has 2 nitrogen and oxygen atoms in total. The Bertz CT molecular complexity index is 68.5. The van der Waals surface area contributed by atoms with Crippen molar-refractivity contribution in [2.45, 2.75) is 6.92 Å². The molecule has 0 radical (unpaired) electrons. The van der Waals surface area contributed by atoms with Gasteiger partial charge in [-0.15, -0.1) is 0 Å². The third kappa shape index (κ3) is 5.21. The van der Waals surface area contributed by atoms with E-state index < -0.39 is 0 Å². The fraction of sp³-hybridized carbons (Fsp3) is 0.400. The standard InChI is InChI=1S/C5H9NO/c1-3-6-5-7-4-2/h4-5H,2-3H2,1H3. The topological polar surface area (TPSA) is 21.6 Å². The molecule has 0 N–H and O–H groups in total. The highest BCUT2D eigenvalue weighted by molar-refractivity contribution is 5.46. The summed E-state index contributed by atoms with van der Waals surface area (Å²) in [6.45, 7) is 6.01. The van der Waals surface area contributed by atoms with Crippen LogP contribution in [0.1, 0.15) is 6.92 Å². The van der Waals surface area contributed by atoms with Gasteiger partial charge in [0.1, 0.15) is 0 Å².